The molecule has 1 amide bonds. The third-order valence-electron chi connectivity index (χ3n) is 3.71. The zero-order valence-electron chi connectivity index (χ0n) is 10.7. The van der Waals surface area contributed by atoms with E-state index in [-0.39, 0.29) is 11.8 Å². The Morgan fingerprint density at radius 2 is 1.70 bits per heavy atom. The normalized spacial score (nSPS) is 17.0. The van der Waals surface area contributed by atoms with Crippen molar-refractivity contribution < 1.29 is 4.79 Å². The molecule has 3 nitrogen and oxygen atoms in total. The maximum absolute atomic E-state index is 12.2. The van der Waals surface area contributed by atoms with E-state index in [4.69, 9.17) is 0 Å². The van der Waals surface area contributed by atoms with E-state index in [2.05, 4.69) is 10.3 Å². The first-order chi connectivity index (χ1) is 9.83. The van der Waals surface area contributed by atoms with E-state index < -0.39 is 0 Å². The second kappa shape index (κ2) is 4.17. The predicted octanol–water partition coefficient (Wildman–Crippen LogP) is 3.32. The van der Waals surface area contributed by atoms with Crippen LogP contribution in [0.25, 0.3) is 10.9 Å². The molecule has 2 aromatic carbocycles. The van der Waals surface area contributed by atoms with Gasteiger partial charge in [-0.3, -0.25) is 9.78 Å². The average molecular weight is 260 g/mol. The molecule has 3 heteroatoms. The minimum atomic E-state index is -0.309. The predicted molar refractivity (Wildman–Crippen MR) is 78.7 cm³/mol. The number of aromatic nitrogens is 1. The van der Waals surface area contributed by atoms with E-state index in [0.717, 1.165) is 27.8 Å². The summed E-state index contributed by atoms with van der Waals surface area (Å²) in [5.41, 5.74) is 3.60. The number of amides is 1. The molecule has 0 saturated carbocycles. The second-order valence-corrected chi connectivity index (χ2v) is 4.94. The molecule has 0 saturated heterocycles. The lowest BCUT2D eigenvalue weighted by Crippen LogP contribution is -2.14. The first-order valence-corrected chi connectivity index (χ1v) is 6.58. The highest BCUT2D eigenvalue weighted by molar-refractivity contribution is 6.05. The van der Waals surface area contributed by atoms with Crippen LogP contribution in [-0.4, -0.2) is 10.9 Å². The summed E-state index contributed by atoms with van der Waals surface area (Å²) in [5, 5.41) is 4.00. The fourth-order valence-corrected chi connectivity index (χ4v) is 2.74. The Kier molecular flexibility index (Phi) is 2.33. The molecular weight excluding hydrogens is 248 g/mol. The molecule has 0 bridgehead atoms. The van der Waals surface area contributed by atoms with Gasteiger partial charge in [0.25, 0.3) is 0 Å². The maximum atomic E-state index is 12.2. The molecular formula is C17H12N2O. The largest absolute Gasteiger partial charge is 0.325 e. The zero-order valence-corrected chi connectivity index (χ0v) is 10.7. The lowest BCUT2D eigenvalue weighted by molar-refractivity contribution is -0.116. The Bertz CT molecular complexity index is 826. The number of para-hydroxylation sites is 2. The summed E-state index contributed by atoms with van der Waals surface area (Å²) < 4.78 is 0. The van der Waals surface area contributed by atoms with Gasteiger partial charge in [0, 0.05) is 11.1 Å². The Hall–Kier alpha value is -2.68. The van der Waals surface area contributed by atoms with Gasteiger partial charge in [0.2, 0.25) is 5.91 Å². The molecule has 0 fully saturated rings. The number of nitrogens with zero attached hydrogens (tertiary/aromatic N) is 1. The van der Waals surface area contributed by atoms with Crippen LogP contribution >= 0.6 is 0 Å². The third kappa shape index (κ3) is 1.60. The van der Waals surface area contributed by atoms with Crippen molar-refractivity contribution in [2.24, 2.45) is 0 Å². The Morgan fingerprint density at radius 1 is 0.900 bits per heavy atom. The molecule has 2 heterocycles. The van der Waals surface area contributed by atoms with Crippen LogP contribution in [0.2, 0.25) is 0 Å². The van der Waals surface area contributed by atoms with Gasteiger partial charge in [0.1, 0.15) is 5.92 Å². The summed E-state index contributed by atoms with van der Waals surface area (Å²) in [6.07, 6.45) is 0. The van der Waals surface area contributed by atoms with Gasteiger partial charge in [0.05, 0.1) is 11.2 Å². The van der Waals surface area contributed by atoms with Gasteiger partial charge in [0.15, 0.2) is 0 Å². The smallest absolute Gasteiger partial charge is 0.238 e. The van der Waals surface area contributed by atoms with E-state index in [1.165, 1.54) is 0 Å². The fourth-order valence-electron chi connectivity index (χ4n) is 2.74. The van der Waals surface area contributed by atoms with Crippen molar-refractivity contribution in [3.05, 3.63) is 71.9 Å². The summed E-state index contributed by atoms with van der Waals surface area (Å²) in [6.45, 7) is 0. The van der Waals surface area contributed by atoms with Crippen molar-refractivity contribution in [2.45, 2.75) is 5.92 Å². The van der Waals surface area contributed by atoms with E-state index >= 15 is 0 Å². The van der Waals surface area contributed by atoms with Crippen molar-refractivity contribution in [3.63, 3.8) is 0 Å². The maximum Gasteiger partial charge on any atom is 0.238 e. The number of anilines is 1. The Labute approximate surface area is 116 Å². The van der Waals surface area contributed by atoms with Crippen LogP contribution in [0.4, 0.5) is 5.69 Å². The van der Waals surface area contributed by atoms with E-state index in [0.29, 0.717) is 0 Å². The average Bonchev–Trinajstić information content (AvgIpc) is 2.82. The van der Waals surface area contributed by atoms with E-state index in [1.54, 1.807) is 0 Å². The van der Waals surface area contributed by atoms with Crippen molar-refractivity contribution in [1.29, 1.82) is 0 Å². The number of fused-ring (bicyclic) bond motifs is 2. The topological polar surface area (TPSA) is 42.0 Å². The van der Waals surface area contributed by atoms with Crippen molar-refractivity contribution in [1.82, 2.24) is 4.98 Å². The molecule has 1 unspecified atom stereocenters. The van der Waals surface area contributed by atoms with Crippen LogP contribution in [0.15, 0.2) is 60.7 Å². The Balaban J connectivity index is 1.89. The number of hydrogen-bond acceptors (Lipinski definition) is 2. The SMILES string of the molecule is O=C1Nc2ccccc2C1c1ccc2ccccc2n1. The molecule has 96 valence electrons. The van der Waals surface area contributed by atoms with E-state index in [9.17, 15) is 4.79 Å². The van der Waals surface area contributed by atoms with E-state index in [1.807, 2.05) is 60.7 Å². The third-order valence-corrected chi connectivity index (χ3v) is 3.71. The van der Waals surface area contributed by atoms with Gasteiger partial charge in [-0.05, 0) is 23.8 Å². The number of nitrogens with one attached hydrogen (secondary N) is 1. The quantitative estimate of drug-likeness (QED) is 0.729. The zero-order chi connectivity index (χ0) is 13.5. The van der Waals surface area contributed by atoms with Gasteiger partial charge in [-0.1, -0.05) is 42.5 Å². The molecule has 4 rings (SSSR count). The highest BCUT2D eigenvalue weighted by atomic mass is 16.2. The number of pyridine rings is 1. The summed E-state index contributed by atoms with van der Waals surface area (Å²) in [5.74, 6) is -0.315. The molecule has 3 aromatic rings. The van der Waals surface area contributed by atoms with Gasteiger partial charge >= 0.3 is 0 Å². The summed E-state index contributed by atoms with van der Waals surface area (Å²) in [4.78, 5) is 16.9. The first-order valence-electron chi connectivity index (χ1n) is 6.58. The molecule has 1 atom stereocenters. The first kappa shape index (κ1) is 11.2. The van der Waals surface area contributed by atoms with Crippen molar-refractivity contribution in [3.8, 4) is 0 Å². The summed E-state index contributed by atoms with van der Waals surface area (Å²) >= 11 is 0. The summed E-state index contributed by atoms with van der Waals surface area (Å²) in [6, 6.07) is 19.7. The van der Waals surface area contributed by atoms with Crippen LogP contribution in [0.3, 0.4) is 0 Å². The van der Waals surface area contributed by atoms with Crippen molar-refractivity contribution >= 4 is 22.5 Å². The minimum absolute atomic E-state index is 0.00557. The molecule has 0 spiro atoms. The fraction of sp³-hybridized carbons (Fsp3) is 0.0588. The molecule has 0 aliphatic carbocycles. The van der Waals surface area contributed by atoms with Gasteiger partial charge < -0.3 is 5.32 Å². The molecule has 1 aliphatic heterocycles. The highest BCUT2D eigenvalue weighted by Gasteiger charge is 2.32. The lowest BCUT2D eigenvalue weighted by atomic mass is 9.96. The monoisotopic (exact) mass is 260 g/mol. The Morgan fingerprint density at radius 3 is 2.65 bits per heavy atom. The number of rotatable bonds is 1. The van der Waals surface area contributed by atoms with Crippen LogP contribution < -0.4 is 5.32 Å². The molecule has 20 heavy (non-hydrogen) atoms. The van der Waals surface area contributed by atoms with Crippen molar-refractivity contribution in [2.75, 3.05) is 5.32 Å². The van der Waals surface area contributed by atoms with Crippen LogP contribution in [0.5, 0.6) is 0 Å². The number of carbonyl (C=O) groups excluding carboxylic acids is 1. The van der Waals surface area contributed by atoms with Crippen LogP contribution in [-0.2, 0) is 4.79 Å². The lowest BCUT2D eigenvalue weighted by Gasteiger charge is -2.09. The minimum Gasteiger partial charge on any atom is -0.325 e. The van der Waals surface area contributed by atoms with Gasteiger partial charge in [-0.15, -0.1) is 0 Å². The number of carbonyl (C=O) groups is 1. The molecule has 1 aliphatic rings. The summed E-state index contributed by atoms with van der Waals surface area (Å²) in [7, 11) is 0. The van der Waals surface area contributed by atoms with Gasteiger partial charge in [-0.2, -0.15) is 0 Å². The molecule has 0 radical (unpaired) electrons. The standard InChI is InChI=1S/C17H12N2O/c20-17-16(12-6-2-4-8-14(12)19-17)15-10-9-11-5-1-3-7-13(11)18-15/h1-10,16H,(H,19,20). The molecule has 1 N–H and O–H groups in total. The second-order valence-electron chi connectivity index (χ2n) is 4.94. The number of hydrogen-bond donors (Lipinski definition) is 1. The number of benzene rings is 2. The highest BCUT2D eigenvalue weighted by Crippen LogP contribution is 2.36. The van der Waals surface area contributed by atoms with Gasteiger partial charge in [-0.25, -0.2) is 0 Å². The van der Waals surface area contributed by atoms with Crippen LogP contribution in [0, 0.1) is 0 Å². The molecule has 1 aromatic heterocycles. The van der Waals surface area contributed by atoms with Crippen LogP contribution in [0.1, 0.15) is 17.2 Å².